The molecule has 0 saturated heterocycles. The Balaban J connectivity index is 5.27. The molecular formula is C78H152O17P2. The predicted molar refractivity (Wildman–Crippen MR) is 395 cm³/mol. The first-order chi connectivity index (χ1) is 46.7. The van der Waals surface area contributed by atoms with Crippen LogP contribution in [0.4, 0.5) is 0 Å². The smallest absolute Gasteiger partial charge is 0.462 e. The van der Waals surface area contributed by atoms with Gasteiger partial charge < -0.3 is 33.8 Å². The minimum Gasteiger partial charge on any atom is -0.462 e. The van der Waals surface area contributed by atoms with Crippen LogP contribution in [-0.2, 0) is 65.4 Å². The number of esters is 4. The molecule has 97 heavy (non-hydrogen) atoms. The van der Waals surface area contributed by atoms with Crippen molar-refractivity contribution in [3.05, 3.63) is 0 Å². The molecule has 0 bridgehead atoms. The maximum atomic E-state index is 13.1. The summed E-state index contributed by atoms with van der Waals surface area (Å²) in [7, 11) is -9.92. The third-order valence-electron chi connectivity index (χ3n) is 18.8. The minimum atomic E-state index is -4.96. The molecule has 19 heteroatoms. The summed E-state index contributed by atoms with van der Waals surface area (Å²) in [4.78, 5) is 72.9. The van der Waals surface area contributed by atoms with E-state index in [9.17, 15) is 43.2 Å². The number of hydrogen-bond donors (Lipinski definition) is 3. The molecule has 0 saturated carbocycles. The average Bonchev–Trinajstić information content (AvgIpc) is 1.40. The minimum absolute atomic E-state index is 0.105. The number of unbranched alkanes of at least 4 members (excludes halogenated alkanes) is 39. The number of aliphatic hydroxyl groups is 1. The quantitative estimate of drug-likeness (QED) is 0.0222. The van der Waals surface area contributed by atoms with Gasteiger partial charge in [0.1, 0.15) is 19.3 Å². The standard InChI is InChI=1S/C78H152O17P2/c1-9-70(7)56-48-40-32-24-17-13-11-12-14-18-26-36-44-52-60-77(82)94-73(64-88-75(80)58-50-42-34-25-19-15-16-22-30-38-46-54-68(3)4)66-92-96(84,85)90-62-72(79)63-91-97(86,87)93-67-74(65-89-76(81)59-51-43-35-29-28-33-41-49-57-71(8)10-2)95-78(83)61-53-45-37-27-21-20-23-31-39-47-55-69(5)6/h68-74,79H,9-67H2,1-8H3,(H,84,85)(H,86,87)/t70?,71?,72-,73-,74-/m1/s1. The number of phosphoric ester groups is 2. The fourth-order valence-corrected chi connectivity index (χ4v) is 13.4. The number of carbonyl (C=O) groups excluding carboxylic acids is 4. The zero-order valence-electron chi connectivity index (χ0n) is 63.7. The monoisotopic (exact) mass is 1420 g/mol. The Bertz CT molecular complexity index is 1910. The van der Waals surface area contributed by atoms with Gasteiger partial charge in [0.15, 0.2) is 12.2 Å². The van der Waals surface area contributed by atoms with E-state index >= 15 is 0 Å². The molecule has 4 unspecified atom stereocenters. The van der Waals surface area contributed by atoms with Crippen molar-refractivity contribution >= 4 is 39.5 Å². The van der Waals surface area contributed by atoms with Gasteiger partial charge in [0.25, 0.3) is 0 Å². The lowest BCUT2D eigenvalue weighted by Crippen LogP contribution is -2.30. The molecule has 3 N–H and O–H groups in total. The van der Waals surface area contributed by atoms with Crippen molar-refractivity contribution in [2.24, 2.45) is 23.7 Å². The summed E-state index contributed by atoms with van der Waals surface area (Å²) in [5, 5.41) is 10.6. The number of ether oxygens (including phenoxy) is 4. The Labute approximate surface area is 594 Å². The van der Waals surface area contributed by atoms with Gasteiger partial charge in [-0.3, -0.25) is 37.3 Å². The van der Waals surface area contributed by atoms with Gasteiger partial charge in [-0.1, -0.05) is 344 Å². The van der Waals surface area contributed by atoms with Crippen LogP contribution in [0.2, 0.25) is 0 Å². The first-order valence-corrected chi connectivity index (χ1v) is 43.3. The van der Waals surface area contributed by atoms with E-state index in [1.807, 2.05) is 0 Å². The molecule has 7 atom stereocenters. The van der Waals surface area contributed by atoms with Gasteiger partial charge in [-0.2, -0.15) is 0 Å². The Morgan fingerprint density at radius 2 is 0.495 bits per heavy atom. The zero-order chi connectivity index (χ0) is 71.7. The van der Waals surface area contributed by atoms with Gasteiger partial charge in [-0.05, 0) is 49.4 Å². The van der Waals surface area contributed by atoms with E-state index in [1.165, 1.54) is 199 Å². The summed E-state index contributed by atoms with van der Waals surface area (Å²) in [6.45, 7) is 14.3. The fourth-order valence-electron chi connectivity index (χ4n) is 11.8. The van der Waals surface area contributed by atoms with Crippen molar-refractivity contribution in [2.45, 2.75) is 414 Å². The van der Waals surface area contributed by atoms with Crippen molar-refractivity contribution in [3.8, 4) is 0 Å². The van der Waals surface area contributed by atoms with Crippen molar-refractivity contribution in [3.63, 3.8) is 0 Å². The molecule has 0 aliphatic rings. The maximum Gasteiger partial charge on any atom is 0.472 e. The van der Waals surface area contributed by atoms with Crippen LogP contribution in [0.3, 0.4) is 0 Å². The molecule has 0 heterocycles. The molecule has 0 amide bonds. The van der Waals surface area contributed by atoms with Crippen LogP contribution in [0.25, 0.3) is 0 Å². The third-order valence-corrected chi connectivity index (χ3v) is 20.7. The van der Waals surface area contributed by atoms with Gasteiger partial charge in [0, 0.05) is 25.7 Å². The maximum absolute atomic E-state index is 13.1. The summed E-state index contributed by atoms with van der Waals surface area (Å²) >= 11 is 0. The predicted octanol–water partition coefficient (Wildman–Crippen LogP) is 22.8. The summed E-state index contributed by atoms with van der Waals surface area (Å²) < 4.78 is 68.6. The van der Waals surface area contributed by atoms with Gasteiger partial charge in [0.2, 0.25) is 0 Å². The number of phosphoric acid groups is 2. The van der Waals surface area contributed by atoms with E-state index in [-0.39, 0.29) is 25.7 Å². The first-order valence-electron chi connectivity index (χ1n) is 40.3. The summed E-state index contributed by atoms with van der Waals surface area (Å²) in [6, 6.07) is 0. The molecule has 0 fully saturated rings. The van der Waals surface area contributed by atoms with Gasteiger partial charge in [-0.15, -0.1) is 0 Å². The van der Waals surface area contributed by atoms with Gasteiger partial charge in [-0.25, -0.2) is 9.13 Å². The summed E-state index contributed by atoms with van der Waals surface area (Å²) in [6.07, 6.45) is 52.5. The highest BCUT2D eigenvalue weighted by molar-refractivity contribution is 7.47. The Hall–Kier alpha value is -1.94. The number of carbonyl (C=O) groups is 4. The second-order valence-corrected chi connectivity index (χ2v) is 32.4. The Morgan fingerprint density at radius 1 is 0.289 bits per heavy atom. The molecule has 0 aromatic heterocycles. The molecule has 0 aliphatic carbocycles. The first kappa shape index (κ1) is 95.1. The molecule has 0 aromatic rings. The molecule has 576 valence electrons. The van der Waals surface area contributed by atoms with Crippen molar-refractivity contribution in [2.75, 3.05) is 39.6 Å². The molecule has 0 radical (unpaired) electrons. The SMILES string of the molecule is CCC(C)CCCCCCCCCCCCCCCCC(=O)O[C@H](COC(=O)CCCCCCCCCCCCCC(C)C)COP(=O)(O)OC[C@@H](O)COP(=O)(O)OC[C@@H](COC(=O)CCCCCCCCCCC(C)CC)OC(=O)CCCCCCCCCCCCC(C)C. The van der Waals surface area contributed by atoms with Crippen molar-refractivity contribution in [1.82, 2.24) is 0 Å². The lowest BCUT2D eigenvalue weighted by Gasteiger charge is -2.21. The van der Waals surface area contributed by atoms with Crippen LogP contribution in [0.15, 0.2) is 0 Å². The second-order valence-electron chi connectivity index (χ2n) is 29.5. The lowest BCUT2D eigenvalue weighted by atomic mass is 9.99. The van der Waals surface area contributed by atoms with Gasteiger partial charge >= 0.3 is 39.5 Å². The topological polar surface area (TPSA) is 237 Å². The summed E-state index contributed by atoms with van der Waals surface area (Å²) in [5.74, 6) is 1.03. The molecule has 0 rings (SSSR count). The van der Waals surface area contributed by atoms with Crippen LogP contribution in [-0.4, -0.2) is 96.7 Å². The lowest BCUT2D eigenvalue weighted by molar-refractivity contribution is -0.161. The van der Waals surface area contributed by atoms with Crippen LogP contribution >= 0.6 is 15.6 Å². The highest BCUT2D eigenvalue weighted by atomic mass is 31.2. The molecule has 0 aliphatic heterocycles. The molecular weight excluding hydrogens is 1270 g/mol. The molecule has 0 spiro atoms. The molecule has 17 nitrogen and oxygen atoms in total. The highest BCUT2D eigenvalue weighted by Crippen LogP contribution is 2.45. The van der Waals surface area contributed by atoms with E-state index in [4.69, 9.17) is 37.0 Å². The second kappa shape index (κ2) is 67.2. The van der Waals surface area contributed by atoms with E-state index in [0.29, 0.717) is 25.7 Å². The van der Waals surface area contributed by atoms with Crippen molar-refractivity contribution in [1.29, 1.82) is 0 Å². The van der Waals surface area contributed by atoms with Gasteiger partial charge in [0.05, 0.1) is 26.4 Å². The summed E-state index contributed by atoms with van der Waals surface area (Å²) in [5.41, 5.74) is 0. The normalized spacial score (nSPS) is 14.6. The zero-order valence-corrected chi connectivity index (χ0v) is 65.5. The van der Waals surface area contributed by atoms with E-state index in [1.54, 1.807) is 0 Å². The van der Waals surface area contributed by atoms with E-state index in [0.717, 1.165) is 114 Å². The number of aliphatic hydroxyl groups excluding tert-OH is 1. The largest absolute Gasteiger partial charge is 0.472 e. The Morgan fingerprint density at radius 3 is 0.732 bits per heavy atom. The Kier molecular flexibility index (Phi) is 65.9. The van der Waals surface area contributed by atoms with Crippen LogP contribution in [0.1, 0.15) is 396 Å². The third kappa shape index (κ3) is 69.5. The number of hydrogen-bond acceptors (Lipinski definition) is 15. The van der Waals surface area contributed by atoms with Crippen molar-refractivity contribution < 1.29 is 80.2 Å². The van der Waals surface area contributed by atoms with E-state index in [2.05, 4.69) is 55.4 Å². The fraction of sp³-hybridized carbons (Fsp3) is 0.949. The van der Waals surface area contributed by atoms with Crippen LogP contribution in [0.5, 0.6) is 0 Å². The van der Waals surface area contributed by atoms with Crippen LogP contribution in [0, 0.1) is 23.7 Å². The molecule has 0 aromatic carbocycles. The van der Waals surface area contributed by atoms with E-state index < -0.39 is 97.5 Å². The average molecular weight is 1420 g/mol. The number of rotatable bonds is 75. The highest BCUT2D eigenvalue weighted by Gasteiger charge is 2.30. The van der Waals surface area contributed by atoms with Crippen LogP contribution < -0.4 is 0 Å².